The van der Waals surface area contributed by atoms with Crippen LogP contribution in [0.15, 0.2) is 12.2 Å². The van der Waals surface area contributed by atoms with Gasteiger partial charge in [-0.2, -0.15) is 0 Å². The first-order chi connectivity index (χ1) is 52.8. The van der Waals surface area contributed by atoms with Crippen LogP contribution in [0.5, 0.6) is 0 Å². The highest BCUT2D eigenvalue weighted by atomic mass is 16.8. The van der Waals surface area contributed by atoms with Crippen molar-refractivity contribution in [2.75, 3.05) is 46.2 Å². The van der Waals surface area contributed by atoms with Crippen molar-refractivity contribution < 1.29 is 163 Å². The summed E-state index contributed by atoms with van der Waals surface area (Å²) in [5.41, 5.74) is 0. The summed E-state index contributed by atoms with van der Waals surface area (Å²) < 4.78 is 70.9. The van der Waals surface area contributed by atoms with Gasteiger partial charge in [-0.3, -0.25) is 14.4 Å². The van der Waals surface area contributed by atoms with E-state index in [-0.39, 0.29) is 12.3 Å². The molecule has 642 valence electrons. The van der Waals surface area contributed by atoms with Gasteiger partial charge < -0.3 is 165 Å². The first-order valence-corrected chi connectivity index (χ1v) is 40.0. The number of carbonyl (C=O) groups excluding carboxylic acids is 3. The van der Waals surface area contributed by atoms with Crippen LogP contribution in [-0.2, 0) is 71.2 Å². The molecule has 3 amide bonds. The summed E-state index contributed by atoms with van der Waals surface area (Å²) in [6.07, 6.45) is -23.5. The van der Waals surface area contributed by atoms with E-state index >= 15 is 0 Å². The van der Waals surface area contributed by atoms with Crippen molar-refractivity contribution in [3.8, 4) is 0 Å². The van der Waals surface area contributed by atoms with E-state index in [4.69, 9.17) is 56.8 Å². The molecule has 6 aliphatic heterocycles. The maximum atomic E-state index is 13.6. The molecule has 110 heavy (non-hydrogen) atoms. The lowest BCUT2D eigenvalue weighted by molar-refractivity contribution is -0.385. The van der Waals surface area contributed by atoms with E-state index in [0.717, 1.165) is 65.2 Å². The van der Waals surface area contributed by atoms with Crippen molar-refractivity contribution in [3.63, 3.8) is 0 Å². The third kappa shape index (κ3) is 28.7. The van der Waals surface area contributed by atoms with Crippen LogP contribution in [-0.4, -0.2) is 352 Å². The summed E-state index contributed by atoms with van der Waals surface area (Å²) in [6, 6.07) is -4.39. The summed E-state index contributed by atoms with van der Waals surface area (Å²) in [5, 5.41) is 208. The van der Waals surface area contributed by atoms with Crippen LogP contribution in [0.4, 0.5) is 0 Å². The number of hydrogen-bond acceptors (Lipinski definition) is 33. The highest BCUT2D eigenvalue weighted by Crippen LogP contribution is 2.37. The Morgan fingerprint density at radius 2 is 0.727 bits per heavy atom. The van der Waals surface area contributed by atoms with Gasteiger partial charge in [0.1, 0.15) is 146 Å². The van der Waals surface area contributed by atoms with Gasteiger partial charge in [-0.15, -0.1) is 0 Å². The molecule has 0 bridgehead atoms. The van der Waals surface area contributed by atoms with E-state index in [9.17, 15) is 106 Å². The second-order valence-electron chi connectivity index (χ2n) is 30.0. The summed E-state index contributed by atoms with van der Waals surface area (Å²) in [4.78, 5) is 38.6. The van der Waals surface area contributed by atoms with E-state index in [1.165, 1.54) is 96.3 Å². The maximum absolute atomic E-state index is 13.6. The molecule has 32 atom stereocenters. The molecule has 36 nitrogen and oxygen atoms in total. The molecule has 6 saturated heterocycles. The van der Waals surface area contributed by atoms with Gasteiger partial charge in [0, 0.05) is 20.3 Å². The zero-order valence-electron chi connectivity index (χ0n) is 64.1. The molecule has 0 aromatic rings. The van der Waals surface area contributed by atoms with Gasteiger partial charge in [-0.1, -0.05) is 167 Å². The van der Waals surface area contributed by atoms with Gasteiger partial charge in [-0.05, 0) is 19.3 Å². The Hall–Kier alpha value is -3.05. The maximum Gasteiger partial charge on any atom is 0.220 e. The lowest BCUT2D eigenvalue weighted by atomic mass is 9.94. The summed E-state index contributed by atoms with van der Waals surface area (Å²) in [7, 11) is 0. The van der Waals surface area contributed by atoms with Crippen LogP contribution in [0, 0.1) is 0 Å². The number of aliphatic hydroxyl groups is 18. The molecule has 6 heterocycles. The lowest BCUT2D eigenvalue weighted by Gasteiger charge is -2.49. The second-order valence-corrected chi connectivity index (χ2v) is 30.0. The highest BCUT2D eigenvalue weighted by Gasteiger charge is 2.58. The third-order valence-corrected chi connectivity index (χ3v) is 21.2. The SMILES string of the molecule is CCCCCCCCCCCCC/C=C/[C@@H](O)[C@H](CO[C@@H]1OC(CO)[C@@H](O[C@@H]2OC(CO[C@@H]3OC(CO)[C@@H](O[C@@H]4OC(CO)[C@H](O[C@@H]5OC(CO)[C@H](O)[C@H](O)C5NC(C)=O)[C@H](O)C4O)[C@H](O)C3NC(C)=O)[C@H](O)[C@H](O[C@H]3OC(CO)[C@H](O)[C@H](O)C3O)C2O)[C@H](O)C1O)NC(=O)CCCCCCCCCCCCCCC. The van der Waals surface area contributed by atoms with E-state index in [1.54, 1.807) is 6.08 Å². The fourth-order valence-electron chi connectivity index (χ4n) is 14.6. The predicted molar refractivity (Wildman–Crippen MR) is 385 cm³/mol. The lowest BCUT2D eigenvalue weighted by Crippen LogP contribution is -2.69. The van der Waals surface area contributed by atoms with Gasteiger partial charge >= 0.3 is 0 Å². The van der Waals surface area contributed by atoms with Gasteiger partial charge in [-0.25, -0.2) is 0 Å². The molecule has 0 radical (unpaired) electrons. The number of ether oxygens (including phenoxy) is 12. The summed E-state index contributed by atoms with van der Waals surface area (Å²) >= 11 is 0. The number of carbonyl (C=O) groups is 3. The molecule has 6 rings (SSSR count). The van der Waals surface area contributed by atoms with Crippen molar-refractivity contribution in [3.05, 3.63) is 12.2 Å². The number of nitrogens with one attached hydrogen (secondary N) is 3. The number of unbranched alkanes of at least 4 members (excludes halogenated alkanes) is 23. The number of amides is 3. The Labute approximate surface area is 643 Å². The Morgan fingerprint density at radius 3 is 1.21 bits per heavy atom. The van der Waals surface area contributed by atoms with Crippen LogP contribution < -0.4 is 16.0 Å². The average molecular weight is 1590 g/mol. The van der Waals surface area contributed by atoms with Crippen LogP contribution >= 0.6 is 0 Å². The van der Waals surface area contributed by atoms with Crippen molar-refractivity contribution in [2.45, 2.75) is 391 Å². The topological polar surface area (TPSA) is 562 Å². The van der Waals surface area contributed by atoms with Crippen molar-refractivity contribution in [1.29, 1.82) is 0 Å². The number of rotatable bonds is 50. The van der Waals surface area contributed by atoms with Crippen molar-refractivity contribution in [1.82, 2.24) is 16.0 Å². The summed E-state index contributed by atoms with van der Waals surface area (Å²) in [5.74, 6) is -1.92. The fourth-order valence-corrected chi connectivity index (χ4v) is 14.6. The largest absolute Gasteiger partial charge is 0.394 e. The minimum absolute atomic E-state index is 0.157. The van der Waals surface area contributed by atoms with E-state index in [0.29, 0.717) is 12.8 Å². The van der Waals surface area contributed by atoms with E-state index in [1.807, 2.05) is 6.08 Å². The van der Waals surface area contributed by atoms with Gasteiger partial charge in [0.05, 0.1) is 58.4 Å². The predicted octanol–water partition coefficient (Wildman–Crippen LogP) is -3.20. The van der Waals surface area contributed by atoms with Gasteiger partial charge in [0.25, 0.3) is 0 Å². The normalized spacial score (nSPS) is 37.7. The minimum Gasteiger partial charge on any atom is -0.394 e. The molecule has 36 heteroatoms. The van der Waals surface area contributed by atoms with Crippen LogP contribution in [0.3, 0.4) is 0 Å². The molecule has 21 N–H and O–H groups in total. The summed E-state index contributed by atoms with van der Waals surface area (Å²) in [6.45, 7) is 0.289. The van der Waals surface area contributed by atoms with Gasteiger partial charge in [0.2, 0.25) is 17.7 Å². The van der Waals surface area contributed by atoms with E-state index in [2.05, 4.69) is 29.8 Å². The first kappa shape index (κ1) is 95.8. The standard InChI is InChI=1S/C74H133N3O33/c1-5-7-9-11-13-15-17-19-21-23-25-27-29-31-43(85)42(77-50(86)32-30-28-26-24-22-20-18-16-14-12-10-8-6-2)38-99-71-62(96)59(93)67(47(36-81)104-71)109-74-64(98)68(110-72-61(95)58(92)54(88)45(34-79)102-72)55(89)49(106-74)39-100-69-52(76-41(4)84)57(91)65(46(35-80)103-69)108-73-63(97)60(94)66(48(37-82)105-73)107-70-51(75-40(3)83)56(90)53(87)44(33-78)101-70/h29,31,42-49,51-74,78-82,85,87-98H,5-28,30,32-39H2,1-4H3,(H,75,83)(H,76,84)(H,77,86)/b31-29+/t42-,43+,44?,45?,46?,47?,48?,49?,51?,52?,53-,54-,55-,56+,57+,58-,59+,60+,61?,62?,63?,64?,65+,66-,67+,68-,69+,70-,71+,72+,73-,74-/m0/s1. The van der Waals surface area contributed by atoms with Crippen LogP contribution in [0.25, 0.3) is 0 Å². The first-order valence-electron chi connectivity index (χ1n) is 40.0. The van der Waals surface area contributed by atoms with Crippen LogP contribution in [0.1, 0.15) is 195 Å². The highest BCUT2D eigenvalue weighted by molar-refractivity contribution is 5.76. The molecule has 0 aromatic carbocycles. The second kappa shape index (κ2) is 50.5. The Morgan fingerprint density at radius 1 is 0.364 bits per heavy atom. The minimum atomic E-state index is -2.25. The molecule has 0 spiro atoms. The molecule has 12 unspecified atom stereocenters. The Bertz CT molecular complexity index is 2560. The molecule has 0 aliphatic carbocycles. The average Bonchev–Trinajstić information content (AvgIpc) is 0.777. The van der Waals surface area contributed by atoms with Gasteiger partial charge in [0.15, 0.2) is 37.7 Å². The van der Waals surface area contributed by atoms with Crippen LogP contribution in [0.2, 0.25) is 0 Å². The number of allylic oxidation sites excluding steroid dienone is 1. The van der Waals surface area contributed by atoms with Crippen molar-refractivity contribution >= 4 is 17.7 Å². The molecule has 6 fully saturated rings. The molecular weight excluding hydrogens is 1460 g/mol. The monoisotopic (exact) mass is 1590 g/mol. The number of aliphatic hydroxyl groups excluding tert-OH is 18. The molecule has 0 saturated carbocycles. The molecule has 0 aromatic heterocycles. The Kier molecular flexibility index (Phi) is 44.0. The van der Waals surface area contributed by atoms with E-state index < -0.39 is 254 Å². The quantitative estimate of drug-likeness (QED) is 0.0211. The zero-order valence-corrected chi connectivity index (χ0v) is 64.1. The third-order valence-electron chi connectivity index (χ3n) is 21.2. The van der Waals surface area contributed by atoms with Crippen molar-refractivity contribution in [2.24, 2.45) is 0 Å². The smallest absolute Gasteiger partial charge is 0.220 e. The molecule has 6 aliphatic rings. The fraction of sp³-hybridized carbons (Fsp3) is 0.932. The zero-order chi connectivity index (χ0) is 80.6. The Balaban J connectivity index is 1.14. The molecular formula is C74H133N3O33. The number of hydrogen-bond donors (Lipinski definition) is 21.